The zero-order chi connectivity index (χ0) is 17.9. The number of carbonyl (C=O) groups is 2. The Bertz CT molecular complexity index is 781. The number of methoxy groups -OCH3 is 1. The molecule has 0 radical (unpaired) electrons. The molecule has 0 bridgehead atoms. The molecular weight excluding hydrogens is 320 g/mol. The standard InChI is InChI=1S/C18H20N4O3/c1-19-17(24)18(15-12-20-8-9-21-15)7-4-10-22(18)16(23)13-5-3-6-14(11-13)25-2/h3,5-6,8-9,11-12H,4,7,10H2,1-2H3,(H,19,24)/t18-/m0/s1. The Labute approximate surface area is 146 Å². The molecule has 0 spiro atoms. The average Bonchev–Trinajstić information content (AvgIpc) is 3.13. The first kappa shape index (κ1) is 16.9. The van der Waals surface area contributed by atoms with E-state index in [1.54, 1.807) is 55.7 Å². The summed E-state index contributed by atoms with van der Waals surface area (Å²) >= 11 is 0. The van der Waals surface area contributed by atoms with Crippen molar-refractivity contribution in [2.45, 2.75) is 18.4 Å². The summed E-state index contributed by atoms with van der Waals surface area (Å²) in [6.07, 6.45) is 5.84. The van der Waals surface area contributed by atoms with Gasteiger partial charge in [0.25, 0.3) is 11.8 Å². The molecule has 1 N–H and O–H groups in total. The minimum absolute atomic E-state index is 0.231. The van der Waals surface area contributed by atoms with Crippen LogP contribution in [0.15, 0.2) is 42.9 Å². The zero-order valence-electron chi connectivity index (χ0n) is 14.2. The third-order valence-corrected chi connectivity index (χ3v) is 4.53. The highest BCUT2D eigenvalue weighted by Crippen LogP contribution is 2.39. The lowest BCUT2D eigenvalue weighted by Gasteiger charge is -2.36. The largest absolute Gasteiger partial charge is 0.497 e. The van der Waals surface area contributed by atoms with Gasteiger partial charge in [0.05, 0.1) is 19.0 Å². The number of ether oxygens (including phenoxy) is 1. The number of nitrogens with one attached hydrogen (secondary N) is 1. The van der Waals surface area contributed by atoms with E-state index in [1.165, 1.54) is 6.20 Å². The Morgan fingerprint density at radius 2 is 2.16 bits per heavy atom. The fourth-order valence-electron chi connectivity index (χ4n) is 3.34. The van der Waals surface area contributed by atoms with Gasteiger partial charge in [0.2, 0.25) is 0 Å². The second-order valence-electron chi connectivity index (χ2n) is 5.82. The highest BCUT2D eigenvalue weighted by molar-refractivity contribution is 6.00. The van der Waals surface area contributed by atoms with Gasteiger partial charge in [-0.25, -0.2) is 0 Å². The number of benzene rings is 1. The van der Waals surface area contributed by atoms with Crippen LogP contribution in [0, 0.1) is 0 Å². The summed E-state index contributed by atoms with van der Waals surface area (Å²) in [7, 11) is 3.11. The van der Waals surface area contributed by atoms with Crippen LogP contribution in [0.4, 0.5) is 0 Å². The van der Waals surface area contributed by atoms with Gasteiger partial charge in [-0.3, -0.25) is 19.6 Å². The molecule has 0 unspecified atom stereocenters. The van der Waals surface area contributed by atoms with E-state index in [2.05, 4.69) is 15.3 Å². The summed E-state index contributed by atoms with van der Waals surface area (Å²) in [5, 5.41) is 2.68. The molecule has 1 saturated heterocycles. The summed E-state index contributed by atoms with van der Waals surface area (Å²) in [5.41, 5.74) is -0.204. The molecule has 7 heteroatoms. The first-order valence-corrected chi connectivity index (χ1v) is 8.08. The lowest BCUT2D eigenvalue weighted by atomic mass is 9.90. The Morgan fingerprint density at radius 1 is 1.32 bits per heavy atom. The monoisotopic (exact) mass is 340 g/mol. The molecule has 3 rings (SSSR count). The fourth-order valence-corrected chi connectivity index (χ4v) is 3.34. The molecule has 1 aliphatic heterocycles. The lowest BCUT2D eigenvalue weighted by Crippen LogP contribution is -2.54. The second-order valence-corrected chi connectivity index (χ2v) is 5.82. The van der Waals surface area contributed by atoms with Crippen molar-refractivity contribution in [2.75, 3.05) is 20.7 Å². The van der Waals surface area contributed by atoms with E-state index in [-0.39, 0.29) is 11.8 Å². The SMILES string of the molecule is CNC(=O)[C@@]1(c2cnccn2)CCCN1C(=O)c1cccc(OC)c1. The Kier molecular flexibility index (Phi) is 4.65. The maximum absolute atomic E-state index is 13.2. The van der Waals surface area contributed by atoms with E-state index in [9.17, 15) is 9.59 Å². The van der Waals surface area contributed by atoms with Crippen LogP contribution in [0.25, 0.3) is 0 Å². The van der Waals surface area contributed by atoms with Crippen molar-refractivity contribution >= 4 is 11.8 Å². The molecule has 0 aliphatic carbocycles. The highest BCUT2D eigenvalue weighted by atomic mass is 16.5. The molecule has 2 amide bonds. The number of hydrogen-bond donors (Lipinski definition) is 1. The van der Waals surface area contributed by atoms with Crippen molar-refractivity contribution in [3.63, 3.8) is 0 Å². The van der Waals surface area contributed by atoms with Gasteiger partial charge in [-0.05, 0) is 31.0 Å². The van der Waals surface area contributed by atoms with Crippen molar-refractivity contribution in [3.8, 4) is 5.75 Å². The molecule has 2 heterocycles. The zero-order valence-corrected chi connectivity index (χ0v) is 14.2. The Hall–Kier alpha value is -2.96. The van der Waals surface area contributed by atoms with E-state index in [0.717, 1.165) is 0 Å². The predicted molar refractivity (Wildman–Crippen MR) is 91.0 cm³/mol. The number of likely N-dealkylation sites (tertiary alicyclic amines) is 1. The number of nitrogens with zero attached hydrogens (tertiary/aromatic N) is 3. The summed E-state index contributed by atoms with van der Waals surface area (Å²) in [4.78, 5) is 36.0. The maximum atomic E-state index is 13.2. The molecule has 0 saturated carbocycles. The number of carbonyl (C=O) groups excluding carboxylic acids is 2. The van der Waals surface area contributed by atoms with Gasteiger partial charge in [0.1, 0.15) is 5.75 Å². The molecule has 2 aromatic rings. The molecule has 1 aromatic heterocycles. The highest BCUT2D eigenvalue weighted by Gasteiger charge is 2.52. The van der Waals surface area contributed by atoms with Crippen LogP contribution in [0.1, 0.15) is 28.9 Å². The summed E-state index contributed by atoms with van der Waals surface area (Å²) in [5.74, 6) is 0.0995. The van der Waals surface area contributed by atoms with Crippen LogP contribution in [-0.4, -0.2) is 47.4 Å². The van der Waals surface area contributed by atoms with Crippen molar-refractivity contribution in [1.29, 1.82) is 0 Å². The second kappa shape index (κ2) is 6.88. The molecule has 25 heavy (non-hydrogen) atoms. The lowest BCUT2D eigenvalue weighted by molar-refractivity contribution is -0.131. The number of hydrogen-bond acceptors (Lipinski definition) is 5. The maximum Gasteiger partial charge on any atom is 0.255 e. The Balaban J connectivity index is 2.06. The third kappa shape index (κ3) is 2.82. The van der Waals surface area contributed by atoms with Gasteiger partial charge in [-0.15, -0.1) is 0 Å². The van der Waals surface area contributed by atoms with Crippen LogP contribution in [0.5, 0.6) is 5.75 Å². The van der Waals surface area contributed by atoms with Gasteiger partial charge in [-0.2, -0.15) is 0 Å². The first-order valence-electron chi connectivity index (χ1n) is 8.08. The number of aromatic nitrogens is 2. The van der Waals surface area contributed by atoms with Crippen LogP contribution in [0.3, 0.4) is 0 Å². The first-order chi connectivity index (χ1) is 12.1. The smallest absolute Gasteiger partial charge is 0.255 e. The fraction of sp³-hybridized carbons (Fsp3) is 0.333. The summed E-state index contributed by atoms with van der Waals surface area (Å²) < 4.78 is 5.20. The molecule has 1 aromatic carbocycles. The van der Waals surface area contributed by atoms with E-state index in [4.69, 9.17) is 4.74 Å². The van der Waals surface area contributed by atoms with Crippen molar-refractivity contribution in [1.82, 2.24) is 20.2 Å². The van der Waals surface area contributed by atoms with Gasteiger partial charge in [0, 0.05) is 31.5 Å². The van der Waals surface area contributed by atoms with Crippen molar-refractivity contribution < 1.29 is 14.3 Å². The van der Waals surface area contributed by atoms with Crippen molar-refractivity contribution in [3.05, 3.63) is 54.1 Å². The van der Waals surface area contributed by atoms with Crippen LogP contribution in [0.2, 0.25) is 0 Å². The van der Waals surface area contributed by atoms with Gasteiger partial charge < -0.3 is 15.0 Å². The molecular formula is C18H20N4O3. The third-order valence-electron chi connectivity index (χ3n) is 4.53. The van der Waals surface area contributed by atoms with Crippen LogP contribution < -0.4 is 10.1 Å². The molecule has 7 nitrogen and oxygen atoms in total. The summed E-state index contributed by atoms with van der Waals surface area (Å²) in [6, 6.07) is 6.92. The van der Waals surface area contributed by atoms with Crippen LogP contribution >= 0.6 is 0 Å². The average molecular weight is 340 g/mol. The Morgan fingerprint density at radius 3 is 2.84 bits per heavy atom. The number of rotatable bonds is 4. The topological polar surface area (TPSA) is 84.4 Å². The molecule has 130 valence electrons. The van der Waals surface area contributed by atoms with Gasteiger partial charge in [0.15, 0.2) is 5.54 Å². The quantitative estimate of drug-likeness (QED) is 0.908. The van der Waals surface area contributed by atoms with Gasteiger partial charge >= 0.3 is 0 Å². The molecule has 1 fully saturated rings. The van der Waals surface area contributed by atoms with E-state index >= 15 is 0 Å². The van der Waals surface area contributed by atoms with E-state index in [0.29, 0.717) is 36.4 Å². The predicted octanol–water partition coefficient (Wildman–Crippen LogP) is 1.36. The van der Waals surface area contributed by atoms with E-state index < -0.39 is 5.54 Å². The van der Waals surface area contributed by atoms with Gasteiger partial charge in [-0.1, -0.05) is 6.07 Å². The minimum Gasteiger partial charge on any atom is -0.497 e. The molecule has 1 atom stereocenters. The van der Waals surface area contributed by atoms with E-state index in [1.807, 2.05) is 0 Å². The van der Waals surface area contributed by atoms with Crippen molar-refractivity contribution in [2.24, 2.45) is 0 Å². The normalized spacial score (nSPS) is 19.5. The minimum atomic E-state index is -1.15. The summed E-state index contributed by atoms with van der Waals surface area (Å²) in [6.45, 7) is 0.472. The van der Waals surface area contributed by atoms with Crippen LogP contribution in [-0.2, 0) is 10.3 Å². The number of likely N-dealkylation sites (N-methyl/N-ethyl adjacent to an activating group) is 1. The number of amides is 2. The molecule has 1 aliphatic rings.